The molecule has 3 rings (SSSR count). The number of benzene rings is 3. The minimum Gasteiger partial charge on any atom is -0.493 e. The van der Waals surface area contributed by atoms with Crippen LogP contribution in [0.15, 0.2) is 78.4 Å². The summed E-state index contributed by atoms with van der Waals surface area (Å²) in [6.07, 6.45) is 1.48. The van der Waals surface area contributed by atoms with Gasteiger partial charge in [0.2, 0.25) is 0 Å². The van der Waals surface area contributed by atoms with Gasteiger partial charge < -0.3 is 14.8 Å². The van der Waals surface area contributed by atoms with Crippen molar-refractivity contribution in [2.45, 2.75) is 19.6 Å². The van der Waals surface area contributed by atoms with Crippen LogP contribution in [-0.4, -0.2) is 13.0 Å². The smallest absolute Gasteiger partial charge is 0.262 e. The zero-order valence-electron chi connectivity index (χ0n) is 17.8. The molecular formula is C26H23FN2O3. The number of nitrogens with one attached hydrogen (secondary N) is 1. The van der Waals surface area contributed by atoms with Crippen molar-refractivity contribution >= 4 is 12.0 Å². The average molecular weight is 430 g/mol. The molecule has 3 aromatic carbocycles. The predicted octanol–water partition coefficient (Wildman–Crippen LogP) is 5.20. The van der Waals surface area contributed by atoms with Gasteiger partial charge in [-0.3, -0.25) is 4.79 Å². The maximum atomic E-state index is 13.8. The van der Waals surface area contributed by atoms with Crippen LogP contribution in [0.1, 0.15) is 29.7 Å². The van der Waals surface area contributed by atoms with Crippen molar-refractivity contribution in [1.82, 2.24) is 5.32 Å². The van der Waals surface area contributed by atoms with Crippen molar-refractivity contribution in [1.29, 1.82) is 5.26 Å². The van der Waals surface area contributed by atoms with Gasteiger partial charge in [0.15, 0.2) is 11.5 Å². The fraction of sp³-hybridized carbons (Fsp3) is 0.154. The topological polar surface area (TPSA) is 71.3 Å². The summed E-state index contributed by atoms with van der Waals surface area (Å²) in [7, 11) is 1.48. The van der Waals surface area contributed by atoms with Crippen LogP contribution >= 0.6 is 0 Å². The van der Waals surface area contributed by atoms with Gasteiger partial charge in [-0.1, -0.05) is 54.6 Å². The number of carbonyl (C=O) groups is 1. The van der Waals surface area contributed by atoms with E-state index in [-0.39, 0.29) is 24.0 Å². The second-order valence-corrected chi connectivity index (χ2v) is 7.07. The molecule has 0 radical (unpaired) electrons. The molecule has 0 bridgehead atoms. The van der Waals surface area contributed by atoms with Crippen LogP contribution in [0.25, 0.3) is 6.08 Å². The summed E-state index contributed by atoms with van der Waals surface area (Å²) in [4.78, 5) is 12.6. The molecule has 5 nitrogen and oxygen atoms in total. The summed E-state index contributed by atoms with van der Waals surface area (Å²) >= 11 is 0. The van der Waals surface area contributed by atoms with Crippen LogP contribution in [-0.2, 0) is 11.4 Å². The Morgan fingerprint density at radius 2 is 1.81 bits per heavy atom. The summed E-state index contributed by atoms with van der Waals surface area (Å²) in [5, 5.41) is 12.3. The number of ether oxygens (including phenoxy) is 2. The minimum absolute atomic E-state index is 0.0325. The summed E-state index contributed by atoms with van der Waals surface area (Å²) in [6, 6.07) is 22.6. The highest BCUT2D eigenvalue weighted by Gasteiger charge is 2.14. The lowest BCUT2D eigenvalue weighted by Crippen LogP contribution is -2.27. The fourth-order valence-electron chi connectivity index (χ4n) is 3.08. The number of hydrogen-bond donors (Lipinski definition) is 1. The van der Waals surface area contributed by atoms with Gasteiger partial charge in [-0.05, 0) is 42.3 Å². The number of nitrogens with zero attached hydrogens (tertiary/aromatic N) is 1. The summed E-state index contributed by atoms with van der Waals surface area (Å²) in [5.41, 5.74) is 1.93. The lowest BCUT2D eigenvalue weighted by molar-refractivity contribution is -0.117. The van der Waals surface area contributed by atoms with E-state index in [1.165, 1.54) is 19.3 Å². The minimum atomic E-state index is -0.470. The van der Waals surface area contributed by atoms with Crippen LogP contribution in [0.2, 0.25) is 0 Å². The molecule has 162 valence electrons. The third-order valence-corrected chi connectivity index (χ3v) is 4.85. The van der Waals surface area contributed by atoms with Crippen molar-refractivity contribution in [3.63, 3.8) is 0 Å². The van der Waals surface area contributed by atoms with E-state index in [0.717, 1.165) is 5.56 Å². The lowest BCUT2D eigenvalue weighted by Gasteiger charge is -2.14. The standard InChI is InChI=1S/C26H23FN2O3/c1-18(20-8-4-3-5-9-20)29-26(30)22(16-28)14-19-12-13-24(25(15-19)31-2)32-17-21-10-6-7-11-23(21)27/h3-15,18H,17H2,1-2H3,(H,29,30)/b22-14-/t18-/m0/s1. The zero-order chi connectivity index (χ0) is 22.9. The van der Waals surface area contributed by atoms with E-state index in [4.69, 9.17) is 9.47 Å². The van der Waals surface area contributed by atoms with Crippen molar-refractivity contribution in [3.05, 3.63) is 101 Å². The van der Waals surface area contributed by atoms with E-state index >= 15 is 0 Å². The average Bonchev–Trinajstić information content (AvgIpc) is 2.82. The molecule has 0 aliphatic carbocycles. The maximum Gasteiger partial charge on any atom is 0.262 e. The Bertz CT molecular complexity index is 1150. The molecule has 1 N–H and O–H groups in total. The Hall–Kier alpha value is -4.11. The molecule has 0 spiro atoms. The summed E-state index contributed by atoms with van der Waals surface area (Å²) in [6.45, 7) is 1.90. The van der Waals surface area contributed by atoms with Gasteiger partial charge in [0.1, 0.15) is 24.1 Å². The van der Waals surface area contributed by atoms with E-state index in [2.05, 4.69) is 5.32 Å². The number of hydrogen-bond acceptors (Lipinski definition) is 4. The van der Waals surface area contributed by atoms with Gasteiger partial charge in [0.25, 0.3) is 5.91 Å². The number of nitriles is 1. The third kappa shape index (κ3) is 5.73. The first-order chi connectivity index (χ1) is 15.5. The number of methoxy groups -OCH3 is 1. The van der Waals surface area contributed by atoms with E-state index in [1.54, 1.807) is 36.4 Å². The van der Waals surface area contributed by atoms with E-state index < -0.39 is 5.91 Å². The molecule has 0 unspecified atom stereocenters. The molecule has 32 heavy (non-hydrogen) atoms. The second kappa shape index (κ2) is 10.8. The van der Waals surface area contributed by atoms with E-state index in [9.17, 15) is 14.4 Å². The molecular weight excluding hydrogens is 407 g/mol. The number of amides is 1. The van der Waals surface area contributed by atoms with E-state index in [0.29, 0.717) is 22.6 Å². The van der Waals surface area contributed by atoms with Crippen molar-refractivity contribution in [3.8, 4) is 17.6 Å². The van der Waals surface area contributed by atoms with Crippen LogP contribution < -0.4 is 14.8 Å². The first-order valence-electron chi connectivity index (χ1n) is 10.0. The van der Waals surface area contributed by atoms with E-state index in [1.807, 2.05) is 43.3 Å². The summed E-state index contributed by atoms with van der Waals surface area (Å²) < 4.78 is 24.9. The number of carbonyl (C=O) groups excluding carboxylic acids is 1. The van der Waals surface area contributed by atoms with Crippen molar-refractivity contribution in [2.75, 3.05) is 7.11 Å². The monoisotopic (exact) mass is 430 g/mol. The van der Waals surface area contributed by atoms with Crippen molar-refractivity contribution < 1.29 is 18.7 Å². The largest absolute Gasteiger partial charge is 0.493 e. The Morgan fingerprint density at radius 3 is 2.50 bits per heavy atom. The molecule has 0 aromatic heterocycles. The quantitative estimate of drug-likeness (QED) is 0.394. The number of rotatable bonds is 8. The first kappa shape index (κ1) is 22.6. The third-order valence-electron chi connectivity index (χ3n) is 4.85. The Labute approximate surface area is 186 Å². The van der Waals surface area contributed by atoms with Gasteiger partial charge in [0.05, 0.1) is 13.2 Å². The highest BCUT2D eigenvalue weighted by molar-refractivity contribution is 6.01. The van der Waals surface area contributed by atoms with Crippen LogP contribution in [0.3, 0.4) is 0 Å². The summed E-state index contributed by atoms with van der Waals surface area (Å²) in [5.74, 6) is 0.0159. The van der Waals surface area contributed by atoms with Gasteiger partial charge in [0, 0.05) is 5.56 Å². The van der Waals surface area contributed by atoms with Gasteiger partial charge in [-0.25, -0.2) is 4.39 Å². The Kier molecular flexibility index (Phi) is 7.60. The molecule has 0 heterocycles. The van der Waals surface area contributed by atoms with Crippen LogP contribution in [0.5, 0.6) is 11.5 Å². The van der Waals surface area contributed by atoms with Crippen LogP contribution in [0, 0.1) is 17.1 Å². The molecule has 0 aliphatic rings. The Morgan fingerprint density at radius 1 is 1.09 bits per heavy atom. The molecule has 0 aliphatic heterocycles. The molecule has 0 saturated carbocycles. The molecule has 1 amide bonds. The maximum absolute atomic E-state index is 13.8. The molecule has 1 atom stereocenters. The lowest BCUT2D eigenvalue weighted by atomic mass is 10.1. The second-order valence-electron chi connectivity index (χ2n) is 7.07. The SMILES string of the molecule is COc1cc(/C=C(/C#N)C(=O)N[C@@H](C)c2ccccc2)ccc1OCc1ccccc1F. The predicted molar refractivity (Wildman–Crippen MR) is 120 cm³/mol. The first-order valence-corrected chi connectivity index (χ1v) is 10.0. The van der Waals surface area contributed by atoms with Gasteiger partial charge >= 0.3 is 0 Å². The van der Waals surface area contributed by atoms with Gasteiger partial charge in [-0.2, -0.15) is 5.26 Å². The molecule has 0 saturated heterocycles. The van der Waals surface area contributed by atoms with Crippen molar-refractivity contribution in [2.24, 2.45) is 0 Å². The van der Waals surface area contributed by atoms with Gasteiger partial charge in [-0.15, -0.1) is 0 Å². The molecule has 3 aromatic rings. The zero-order valence-corrected chi connectivity index (χ0v) is 17.8. The fourth-order valence-corrected chi connectivity index (χ4v) is 3.08. The highest BCUT2D eigenvalue weighted by Crippen LogP contribution is 2.30. The highest BCUT2D eigenvalue weighted by atomic mass is 19.1. The number of halogens is 1. The Balaban J connectivity index is 1.73. The molecule has 0 fully saturated rings. The molecule has 6 heteroatoms. The normalized spacial score (nSPS) is 11.9. The van der Waals surface area contributed by atoms with Crippen LogP contribution in [0.4, 0.5) is 4.39 Å².